The Morgan fingerprint density at radius 1 is 1.40 bits per heavy atom. The van der Waals surface area contributed by atoms with Gasteiger partial charge in [-0.2, -0.15) is 0 Å². The van der Waals surface area contributed by atoms with Crippen LogP contribution in [0, 0.1) is 0 Å². The summed E-state index contributed by atoms with van der Waals surface area (Å²) in [5, 5.41) is 9.07. The fourth-order valence-corrected chi connectivity index (χ4v) is 1.18. The standard InChI is InChI=1S/C7H14FNO/c1-9-4-2-6(8)7(10)3-5-9/h6-7,10H,2-5H2,1H3. The monoisotopic (exact) mass is 147 g/mol. The van der Waals surface area contributed by atoms with Gasteiger partial charge < -0.3 is 10.0 Å². The quantitative estimate of drug-likeness (QED) is 0.536. The predicted octanol–water partition coefficient (Wildman–Crippen LogP) is 0.411. The number of nitrogens with zero attached hydrogens (tertiary/aromatic N) is 1. The van der Waals surface area contributed by atoms with Crippen LogP contribution < -0.4 is 0 Å². The fourth-order valence-electron chi connectivity index (χ4n) is 1.18. The number of aliphatic hydroxyl groups excluding tert-OH is 1. The molecule has 2 unspecified atom stereocenters. The first-order valence-corrected chi connectivity index (χ1v) is 3.71. The van der Waals surface area contributed by atoms with Crippen LogP contribution >= 0.6 is 0 Å². The van der Waals surface area contributed by atoms with Crippen LogP contribution in [0.4, 0.5) is 4.39 Å². The average Bonchev–Trinajstić information content (AvgIpc) is 2.04. The SMILES string of the molecule is CN1CCC(O)C(F)CC1. The predicted molar refractivity (Wildman–Crippen MR) is 37.6 cm³/mol. The highest BCUT2D eigenvalue weighted by atomic mass is 19.1. The molecule has 0 radical (unpaired) electrons. The topological polar surface area (TPSA) is 23.5 Å². The molecule has 0 aromatic carbocycles. The van der Waals surface area contributed by atoms with Gasteiger partial charge in [0.05, 0.1) is 6.10 Å². The molecular formula is C7H14FNO. The smallest absolute Gasteiger partial charge is 0.127 e. The van der Waals surface area contributed by atoms with Gasteiger partial charge in [0.1, 0.15) is 6.17 Å². The van der Waals surface area contributed by atoms with Gasteiger partial charge in [0.25, 0.3) is 0 Å². The number of aliphatic hydroxyl groups is 1. The lowest BCUT2D eigenvalue weighted by Crippen LogP contribution is -2.20. The van der Waals surface area contributed by atoms with Crippen LogP contribution in [0.25, 0.3) is 0 Å². The van der Waals surface area contributed by atoms with Gasteiger partial charge in [0, 0.05) is 13.1 Å². The Morgan fingerprint density at radius 2 is 2.00 bits per heavy atom. The maximum Gasteiger partial charge on any atom is 0.127 e. The van der Waals surface area contributed by atoms with Crippen LogP contribution in [0.3, 0.4) is 0 Å². The van der Waals surface area contributed by atoms with E-state index in [2.05, 4.69) is 0 Å². The summed E-state index contributed by atoms with van der Waals surface area (Å²) < 4.78 is 12.7. The third-order valence-corrected chi connectivity index (χ3v) is 2.01. The van der Waals surface area contributed by atoms with Crippen molar-refractivity contribution in [3.8, 4) is 0 Å². The number of alkyl halides is 1. The Bertz CT molecular complexity index is 97.8. The molecule has 10 heavy (non-hydrogen) atoms. The van der Waals surface area contributed by atoms with Crippen LogP contribution in [0.2, 0.25) is 0 Å². The molecule has 1 N–H and O–H groups in total. The Kier molecular flexibility index (Phi) is 2.63. The maximum atomic E-state index is 12.7. The van der Waals surface area contributed by atoms with Crippen molar-refractivity contribution in [2.75, 3.05) is 20.1 Å². The summed E-state index contributed by atoms with van der Waals surface area (Å²) in [6.45, 7) is 1.57. The summed E-state index contributed by atoms with van der Waals surface area (Å²) >= 11 is 0. The highest BCUT2D eigenvalue weighted by molar-refractivity contribution is 4.74. The minimum absolute atomic E-state index is 0.470. The Morgan fingerprint density at radius 3 is 2.70 bits per heavy atom. The molecule has 0 spiro atoms. The fraction of sp³-hybridized carbons (Fsp3) is 1.00. The van der Waals surface area contributed by atoms with Gasteiger partial charge in [-0.15, -0.1) is 0 Å². The summed E-state index contributed by atoms with van der Waals surface area (Å²) in [6.07, 6.45) is -0.704. The molecule has 1 rings (SSSR count). The van der Waals surface area contributed by atoms with Gasteiger partial charge in [-0.3, -0.25) is 0 Å². The third kappa shape index (κ3) is 1.92. The number of likely N-dealkylation sites (tertiary alicyclic amines) is 1. The molecule has 2 nitrogen and oxygen atoms in total. The number of hydrogen-bond donors (Lipinski definition) is 1. The largest absolute Gasteiger partial charge is 0.390 e. The van der Waals surface area contributed by atoms with Crippen LogP contribution in [-0.4, -0.2) is 42.4 Å². The Hall–Kier alpha value is -0.150. The molecule has 0 aromatic rings. The Balaban J connectivity index is 2.38. The molecule has 0 saturated carbocycles. The number of hydrogen-bond acceptors (Lipinski definition) is 2. The van der Waals surface area contributed by atoms with E-state index in [9.17, 15) is 4.39 Å². The van der Waals surface area contributed by atoms with Crippen molar-refractivity contribution >= 4 is 0 Å². The summed E-state index contributed by atoms with van der Waals surface area (Å²) in [6, 6.07) is 0. The van der Waals surface area contributed by atoms with E-state index >= 15 is 0 Å². The van der Waals surface area contributed by atoms with E-state index in [-0.39, 0.29) is 0 Å². The van der Waals surface area contributed by atoms with Crippen molar-refractivity contribution in [2.45, 2.75) is 25.1 Å². The van der Waals surface area contributed by atoms with Crippen molar-refractivity contribution in [3.63, 3.8) is 0 Å². The molecule has 0 amide bonds. The zero-order valence-electron chi connectivity index (χ0n) is 6.26. The van der Waals surface area contributed by atoms with Crippen LogP contribution in [-0.2, 0) is 0 Å². The highest BCUT2D eigenvalue weighted by Gasteiger charge is 2.22. The maximum absolute atomic E-state index is 12.7. The summed E-state index contributed by atoms with van der Waals surface area (Å²) in [7, 11) is 1.95. The van der Waals surface area contributed by atoms with E-state index in [4.69, 9.17) is 5.11 Å². The lowest BCUT2D eigenvalue weighted by atomic mass is 10.1. The molecule has 1 aliphatic heterocycles. The first kappa shape index (κ1) is 7.95. The molecule has 1 heterocycles. The van der Waals surface area contributed by atoms with Crippen LogP contribution in [0.15, 0.2) is 0 Å². The average molecular weight is 147 g/mol. The molecule has 0 aromatic heterocycles. The van der Waals surface area contributed by atoms with Crippen LogP contribution in [0.5, 0.6) is 0 Å². The second-order valence-corrected chi connectivity index (χ2v) is 2.96. The van der Waals surface area contributed by atoms with E-state index in [1.54, 1.807) is 0 Å². The molecule has 60 valence electrons. The van der Waals surface area contributed by atoms with Gasteiger partial charge in [-0.1, -0.05) is 0 Å². The van der Waals surface area contributed by atoms with E-state index in [0.717, 1.165) is 13.1 Å². The first-order chi connectivity index (χ1) is 4.70. The van der Waals surface area contributed by atoms with Gasteiger partial charge in [-0.25, -0.2) is 4.39 Å². The molecule has 0 aliphatic carbocycles. The minimum Gasteiger partial charge on any atom is -0.390 e. The molecule has 1 aliphatic rings. The Labute approximate surface area is 60.6 Å². The van der Waals surface area contributed by atoms with E-state index in [1.807, 2.05) is 11.9 Å². The van der Waals surface area contributed by atoms with Gasteiger partial charge in [0.2, 0.25) is 0 Å². The summed E-state index contributed by atoms with van der Waals surface area (Å²) in [5.41, 5.74) is 0. The highest BCUT2D eigenvalue weighted by Crippen LogP contribution is 2.12. The van der Waals surface area contributed by atoms with Crippen LogP contribution in [0.1, 0.15) is 12.8 Å². The summed E-state index contributed by atoms with van der Waals surface area (Å²) in [4.78, 5) is 2.04. The normalized spacial score (nSPS) is 37.5. The van der Waals surface area contributed by atoms with Gasteiger partial charge in [0.15, 0.2) is 0 Å². The third-order valence-electron chi connectivity index (χ3n) is 2.01. The first-order valence-electron chi connectivity index (χ1n) is 3.71. The van der Waals surface area contributed by atoms with E-state index in [1.165, 1.54) is 0 Å². The molecule has 1 saturated heterocycles. The number of rotatable bonds is 0. The van der Waals surface area contributed by atoms with Crippen molar-refractivity contribution in [2.24, 2.45) is 0 Å². The van der Waals surface area contributed by atoms with E-state index < -0.39 is 12.3 Å². The van der Waals surface area contributed by atoms with Crippen molar-refractivity contribution in [1.82, 2.24) is 4.90 Å². The zero-order chi connectivity index (χ0) is 7.56. The second kappa shape index (κ2) is 3.30. The lowest BCUT2D eigenvalue weighted by Gasteiger charge is -2.10. The molecule has 0 bridgehead atoms. The molecular weight excluding hydrogens is 133 g/mol. The summed E-state index contributed by atoms with van der Waals surface area (Å²) in [5.74, 6) is 0. The molecule has 2 atom stereocenters. The van der Waals surface area contributed by atoms with Crippen molar-refractivity contribution < 1.29 is 9.50 Å². The molecule has 1 fully saturated rings. The van der Waals surface area contributed by atoms with Crippen molar-refractivity contribution in [3.05, 3.63) is 0 Å². The van der Waals surface area contributed by atoms with Gasteiger partial charge >= 0.3 is 0 Å². The second-order valence-electron chi connectivity index (χ2n) is 2.96. The lowest BCUT2D eigenvalue weighted by molar-refractivity contribution is 0.0756. The molecule has 3 heteroatoms. The zero-order valence-corrected chi connectivity index (χ0v) is 6.26. The van der Waals surface area contributed by atoms with Gasteiger partial charge in [-0.05, 0) is 19.9 Å². The van der Waals surface area contributed by atoms with Crippen molar-refractivity contribution in [1.29, 1.82) is 0 Å². The minimum atomic E-state index is -1.01. The van der Waals surface area contributed by atoms with E-state index in [0.29, 0.717) is 12.8 Å². The number of halogens is 1.